The fraction of sp³-hybridized carbons (Fsp3) is 0.167. The Morgan fingerprint density at radius 2 is 1.00 bits per heavy atom. The van der Waals surface area contributed by atoms with Gasteiger partial charge in [-0.05, 0) is 46.5 Å². The average molecular weight is 386 g/mol. The number of carbonyl (C=O) groups is 2. The third kappa shape index (κ3) is 1.90. The number of benzene rings is 3. The van der Waals surface area contributed by atoms with Crippen molar-refractivity contribution in [2.75, 3.05) is 4.90 Å². The van der Waals surface area contributed by atoms with E-state index in [1.807, 2.05) is 24.3 Å². The molecule has 4 heteroatoms. The Hall–Kier alpha value is -2.91. The van der Waals surface area contributed by atoms with Gasteiger partial charge in [0.15, 0.2) is 0 Å². The van der Waals surface area contributed by atoms with E-state index < -0.39 is 0 Å². The summed E-state index contributed by atoms with van der Waals surface area (Å²) in [5.41, 5.74) is 5.34. The monoisotopic (exact) mass is 385 g/mol. The van der Waals surface area contributed by atoms with Gasteiger partial charge in [0.2, 0.25) is 11.8 Å². The Balaban J connectivity index is 1.57. The second kappa shape index (κ2) is 5.55. The normalized spacial score (nSPS) is 26.8. The van der Waals surface area contributed by atoms with Gasteiger partial charge in [-0.3, -0.25) is 9.59 Å². The topological polar surface area (TPSA) is 37.4 Å². The molecule has 1 saturated heterocycles. The molecule has 0 unspecified atom stereocenters. The number of carbonyl (C=O) groups excluding carboxylic acids is 2. The number of anilines is 1. The van der Waals surface area contributed by atoms with Crippen molar-refractivity contribution < 1.29 is 9.59 Å². The highest BCUT2D eigenvalue weighted by Gasteiger charge is 2.61. The zero-order valence-corrected chi connectivity index (χ0v) is 15.6. The van der Waals surface area contributed by atoms with Crippen LogP contribution in [-0.2, 0) is 9.59 Å². The van der Waals surface area contributed by atoms with Crippen molar-refractivity contribution >= 4 is 29.1 Å². The molecule has 0 spiro atoms. The van der Waals surface area contributed by atoms with Gasteiger partial charge in [-0.25, -0.2) is 4.90 Å². The Morgan fingerprint density at radius 3 is 1.39 bits per heavy atom. The fourth-order valence-electron chi connectivity index (χ4n) is 5.52. The molecule has 1 aliphatic heterocycles. The highest BCUT2D eigenvalue weighted by molar-refractivity contribution is 6.31. The van der Waals surface area contributed by atoms with Crippen molar-refractivity contribution in [3.63, 3.8) is 0 Å². The van der Waals surface area contributed by atoms with E-state index >= 15 is 0 Å². The molecule has 0 N–H and O–H groups in total. The first-order valence-corrected chi connectivity index (χ1v) is 9.85. The second-order valence-electron chi connectivity index (χ2n) is 7.75. The van der Waals surface area contributed by atoms with Gasteiger partial charge in [0.1, 0.15) is 0 Å². The number of hydrogen-bond acceptors (Lipinski definition) is 2. The van der Waals surface area contributed by atoms with Crippen LogP contribution in [0.25, 0.3) is 0 Å². The van der Waals surface area contributed by atoms with Gasteiger partial charge >= 0.3 is 0 Å². The molecule has 3 nitrogen and oxygen atoms in total. The third-order valence-electron chi connectivity index (χ3n) is 6.53. The van der Waals surface area contributed by atoms with Crippen LogP contribution in [0.4, 0.5) is 5.69 Å². The molecule has 2 bridgehead atoms. The maximum Gasteiger partial charge on any atom is 0.238 e. The van der Waals surface area contributed by atoms with E-state index in [-0.39, 0.29) is 35.5 Å². The standard InChI is InChI=1S/C24H16ClNO2/c25-13-9-11-14(12-10-13)26-23(27)21-19-15-5-1-2-6-16(15)20(22(21)24(26)28)18-8-4-3-7-17(18)19/h1-12,19-22H/t19?,20?,21-,22-/m1/s1. The van der Waals surface area contributed by atoms with Gasteiger partial charge in [0.25, 0.3) is 0 Å². The highest BCUT2D eigenvalue weighted by Crippen LogP contribution is 2.61. The summed E-state index contributed by atoms with van der Waals surface area (Å²) in [6.07, 6.45) is 0. The summed E-state index contributed by atoms with van der Waals surface area (Å²) in [4.78, 5) is 28.4. The molecule has 2 amide bonds. The maximum atomic E-state index is 13.5. The van der Waals surface area contributed by atoms with Crippen molar-refractivity contribution in [1.29, 1.82) is 0 Å². The van der Waals surface area contributed by atoms with E-state index in [1.165, 1.54) is 27.2 Å². The van der Waals surface area contributed by atoms with Crippen LogP contribution in [0.3, 0.4) is 0 Å². The zero-order chi connectivity index (χ0) is 19.0. The summed E-state index contributed by atoms with van der Waals surface area (Å²) in [5.74, 6) is -1.05. The van der Waals surface area contributed by atoms with Gasteiger partial charge in [-0.1, -0.05) is 60.1 Å². The van der Waals surface area contributed by atoms with E-state index in [1.54, 1.807) is 24.3 Å². The predicted molar refractivity (Wildman–Crippen MR) is 107 cm³/mol. The summed E-state index contributed by atoms with van der Waals surface area (Å²) in [5, 5.41) is 0.583. The molecular formula is C24H16ClNO2. The minimum absolute atomic E-state index is 0.0730. The second-order valence-corrected chi connectivity index (χ2v) is 8.19. The molecule has 7 rings (SSSR count). The zero-order valence-electron chi connectivity index (χ0n) is 14.9. The van der Waals surface area contributed by atoms with Gasteiger partial charge in [-0.2, -0.15) is 0 Å². The van der Waals surface area contributed by atoms with Crippen LogP contribution in [-0.4, -0.2) is 11.8 Å². The predicted octanol–water partition coefficient (Wildman–Crippen LogP) is 4.74. The molecule has 3 aromatic carbocycles. The van der Waals surface area contributed by atoms with Gasteiger partial charge in [0, 0.05) is 16.9 Å². The molecule has 0 radical (unpaired) electrons. The molecule has 0 aromatic heterocycles. The fourth-order valence-corrected chi connectivity index (χ4v) is 5.65. The quantitative estimate of drug-likeness (QED) is 0.567. The summed E-state index contributed by atoms with van der Waals surface area (Å²) >= 11 is 6.00. The lowest BCUT2D eigenvalue weighted by atomic mass is 9.55. The highest BCUT2D eigenvalue weighted by atomic mass is 35.5. The number of rotatable bonds is 1. The van der Waals surface area contributed by atoms with Crippen LogP contribution in [0.1, 0.15) is 34.1 Å². The molecule has 1 heterocycles. The van der Waals surface area contributed by atoms with E-state index in [0.717, 1.165) is 0 Å². The van der Waals surface area contributed by atoms with Crippen LogP contribution < -0.4 is 4.90 Å². The third-order valence-corrected chi connectivity index (χ3v) is 6.79. The van der Waals surface area contributed by atoms with Crippen LogP contribution in [0.5, 0.6) is 0 Å². The van der Waals surface area contributed by atoms with E-state index in [4.69, 9.17) is 11.6 Å². The van der Waals surface area contributed by atoms with Crippen LogP contribution in [0.2, 0.25) is 5.02 Å². The van der Waals surface area contributed by atoms with E-state index in [9.17, 15) is 9.59 Å². The molecule has 4 aliphatic rings. The number of amides is 2. The molecule has 3 aliphatic carbocycles. The molecule has 136 valence electrons. The van der Waals surface area contributed by atoms with Crippen molar-refractivity contribution in [3.8, 4) is 0 Å². The first-order chi connectivity index (χ1) is 13.7. The summed E-state index contributed by atoms with van der Waals surface area (Å²) < 4.78 is 0. The van der Waals surface area contributed by atoms with Crippen molar-refractivity contribution in [1.82, 2.24) is 0 Å². The number of imide groups is 1. The van der Waals surface area contributed by atoms with E-state index in [2.05, 4.69) is 24.3 Å². The minimum atomic E-state index is -0.349. The summed E-state index contributed by atoms with van der Waals surface area (Å²) in [6.45, 7) is 0. The Kier molecular flexibility index (Phi) is 3.19. The molecule has 1 fully saturated rings. The van der Waals surface area contributed by atoms with Crippen LogP contribution in [0.15, 0.2) is 72.8 Å². The molecular weight excluding hydrogens is 370 g/mol. The van der Waals surface area contributed by atoms with Crippen molar-refractivity contribution in [2.45, 2.75) is 11.8 Å². The molecule has 3 aromatic rings. The van der Waals surface area contributed by atoms with E-state index in [0.29, 0.717) is 10.7 Å². The lowest BCUT2D eigenvalue weighted by molar-refractivity contribution is -0.122. The Labute approximate surface area is 167 Å². The Morgan fingerprint density at radius 1 is 0.607 bits per heavy atom. The summed E-state index contributed by atoms with van der Waals surface area (Å²) in [7, 11) is 0. The van der Waals surface area contributed by atoms with Crippen LogP contribution in [0, 0.1) is 11.8 Å². The molecule has 28 heavy (non-hydrogen) atoms. The lowest BCUT2D eigenvalue weighted by Crippen LogP contribution is -2.41. The lowest BCUT2D eigenvalue weighted by Gasteiger charge is -2.45. The first kappa shape index (κ1) is 16.1. The smallest absolute Gasteiger partial charge is 0.238 e. The van der Waals surface area contributed by atoms with Gasteiger partial charge in [-0.15, -0.1) is 0 Å². The van der Waals surface area contributed by atoms with Gasteiger partial charge in [0.05, 0.1) is 17.5 Å². The first-order valence-electron chi connectivity index (χ1n) is 9.48. The van der Waals surface area contributed by atoms with Crippen LogP contribution >= 0.6 is 11.6 Å². The molecule has 2 atom stereocenters. The number of hydrogen-bond donors (Lipinski definition) is 0. The SMILES string of the molecule is O=C1[C@@H]2C3c4ccccc4C(c4ccccc43)[C@H]2C(=O)N1c1ccc(Cl)cc1. The summed E-state index contributed by atoms with van der Waals surface area (Å²) in [6, 6.07) is 23.5. The maximum absolute atomic E-state index is 13.5. The van der Waals surface area contributed by atoms with Crippen molar-refractivity contribution in [3.05, 3.63) is 100 Å². The molecule has 0 saturated carbocycles. The minimum Gasteiger partial charge on any atom is -0.274 e. The number of nitrogens with zero attached hydrogens (tertiary/aromatic N) is 1. The largest absolute Gasteiger partial charge is 0.274 e. The number of halogens is 1. The van der Waals surface area contributed by atoms with Gasteiger partial charge < -0.3 is 0 Å². The average Bonchev–Trinajstić information content (AvgIpc) is 3.00. The Bertz CT molecular complexity index is 1040. The van der Waals surface area contributed by atoms with Crippen molar-refractivity contribution in [2.24, 2.45) is 11.8 Å².